The molecule has 0 saturated heterocycles. The molecule has 0 amide bonds. The number of hydrogen-bond donors (Lipinski definition) is 0. The van der Waals surface area contributed by atoms with Crippen LogP contribution in [0.5, 0.6) is 0 Å². The second-order valence-electron chi connectivity index (χ2n) is 3.97. The van der Waals surface area contributed by atoms with Crippen molar-refractivity contribution in [3.63, 3.8) is 0 Å². The predicted molar refractivity (Wildman–Crippen MR) is 80.6 cm³/mol. The lowest BCUT2D eigenvalue weighted by Crippen LogP contribution is -2.02. The number of aliphatic imine (C=N–C) groups is 1. The van der Waals surface area contributed by atoms with Crippen LogP contribution in [0.3, 0.4) is 0 Å². The van der Waals surface area contributed by atoms with Gasteiger partial charge in [-0.3, -0.25) is 0 Å². The highest BCUT2D eigenvalue weighted by molar-refractivity contribution is 7.91. The van der Waals surface area contributed by atoms with Gasteiger partial charge in [0, 0.05) is 11.2 Å². The maximum atomic E-state index is 12.4. The summed E-state index contributed by atoms with van der Waals surface area (Å²) in [6.45, 7) is 1.75. The fourth-order valence-electron chi connectivity index (χ4n) is 1.56. The smallest absolute Gasteiger partial charge is 0.208 e. The van der Waals surface area contributed by atoms with Gasteiger partial charge in [0.2, 0.25) is 9.84 Å². The van der Waals surface area contributed by atoms with Gasteiger partial charge in [-0.2, -0.15) is 4.99 Å². The number of sulfone groups is 1. The summed E-state index contributed by atoms with van der Waals surface area (Å²) in [5, 5.41) is 2.69. The van der Waals surface area contributed by atoms with Crippen molar-refractivity contribution < 1.29 is 8.42 Å². The Morgan fingerprint density at radius 1 is 1.25 bits per heavy atom. The van der Waals surface area contributed by atoms with E-state index in [-0.39, 0.29) is 9.79 Å². The monoisotopic (exact) mass is 324 g/mol. The summed E-state index contributed by atoms with van der Waals surface area (Å²) in [5.74, 6) is 0.311. The first-order chi connectivity index (χ1) is 9.45. The van der Waals surface area contributed by atoms with E-state index in [9.17, 15) is 8.42 Å². The van der Waals surface area contributed by atoms with Crippen LogP contribution >= 0.6 is 23.8 Å². The van der Waals surface area contributed by atoms with Crippen LogP contribution in [0.2, 0.25) is 5.02 Å². The zero-order chi connectivity index (χ0) is 14.8. The zero-order valence-corrected chi connectivity index (χ0v) is 12.8. The highest BCUT2D eigenvalue weighted by atomic mass is 35.5. The minimum Gasteiger partial charge on any atom is -0.235 e. The Labute approximate surface area is 127 Å². The fourth-order valence-corrected chi connectivity index (χ4v) is 3.07. The average molecular weight is 325 g/mol. The molecule has 0 aliphatic carbocycles. The van der Waals surface area contributed by atoms with Crippen molar-refractivity contribution >= 4 is 44.6 Å². The molecule has 2 aromatic rings. The maximum absolute atomic E-state index is 12.4. The minimum absolute atomic E-state index is 0.0857. The summed E-state index contributed by atoms with van der Waals surface area (Å²) < 4.78 is 24.8. The normalized spacial score (nSPS) is 10.9. The lowest BCUT2D eigenvalue weighted by molar-refractivity contribution is 0.595. The molecule has 0 aliphatic heterocycles. The fraction of sp³-hybridized carbons (Fsp3) is 0.0769. The summed E-state index contributed by atoms with van der Waals surface area (Å²) in [7, 11) is -3.62. The molecule has 20 heavy (non-hydrogen) atoms. The highest BCUT2D eigenvalue weighted by Crippen LogP contribution is 2.25. The molecule has 0 saturated carbocycles. The summed E-state index contributed by atoms with van der Waals surface area (Å²) >= 11 is 10.4. The van der Waals surface area contributed by atoms with Crippen LogP contribution in [0.25, 0.3) is 0 Å². The Hall–Kier alpha value is -1.59. The average Bonchev–Trinajstić information content (AvgIpc) is 2.43. The van der Waals surface area contributed by atoms with E-state index < -0.39 is 9.84 Å². The summed E-state index contributed by atoms with van der Waals surface area (Å²) in [5.41, 5.74) is 0.697. The first-order valence-corrected chi connectivity index (χ1v) is 7.77. The summed E-state index contributed by atoms with van der Waals surface area (Å²) in [4.78, 5) is 7.83. The third kappa shape index (κ3) is 2.94. The van der Waals surface area contributed by atoms with Crippen molar-refractivity contribution in [1.82, 2.24) is 4.98 Å². The van der Waals surface area contributed by atoms with Crippen LogP contribution in [-0.2, 0) is 9.84 Å². The molecule has 0 radical (unpaired) electrons. The third-order valence-corrected chi connectivity index (χ3v) is 4.88. The van der Waals surface area contributed by atoms with E-state index in [0.29, 0.717) is 16.4 Å². The maximum Gasteiger partial charge on any atom is 0.208 e. The molecule has 0 spiro atoms. The summed E-state index contributed by atoms with van der Waals surface area (Å²) in [6, 6.07) is 7.45. The van der Waals surface area contributed by atoms with Crippen LogP contribution < -0.4 is 0 Å². The third-order valence-electron chi connectivity index (χ3n) is 2.63. The lowest BCUT2D eigenvalue weighted by atomic mass is 10.2. The first-order valence-electron chi connectivity index (χ1n) is 5.50. The molecule has 0 N–H and O–H groups in total. The van der Waals surface area contributed by atoms with E-state index in [1.54, 1.807) is 13.0 Å². The van der Waals surface area contributed by atoms with Gasteiger partial charge in [-0.05, 0) is 55.0 Å². The molecule has 0 bridgehead atoms. The number of benzene rings is 1. The molecule has 1 aromatic heterocycles. The molecule has 1 heterocycles. The second kappa shape index (κ2) is 5.81. The van der Waals surface area contributed by atoms with Crippen LogP contribution in [-0.4, -0.2) is 18.6 Å². The SMILES string of the molecule is Cc1cc(S(=O)(=O)c2ccc(N=C=S)nc2)ccc1Cl. The Balaban J connectivity index is 2.48. The molecule has 0 unspecified atom stereocenters. The van der Waals surface area contributed by atoms with Crippen molar-refractivity contribution in [2.45, 2.75) is 16.7 Å². The van der Waals surface area contributed by atoms with Crippen molar-refractivity contribution in [1.29, 1.82) is 0 Å². The largest absolute Gasteiger partial charge is 0.235 e. The number of hydrogen-bond acceptors (Lipinski definition) is 5. The van der Waals surface area contributed by atoms with Crippen molar-refractivity contribution in [2.24, 2.45) is 4.99 Å². The van der Waals surface area contributed by atoms with E-state index in [4.69, 9.17) is 11.6 Å². The number of nitrogens with zero attached hydrogens (tertiary/aromatic N) is 2. The number of aromatic nitrogens is 1. The van der Waals surface area contributed by atoms with Gasteiger partial charge in [-0.1, -0.05) is 11.6 Å². The van der Waals surface area contributed by atoms with E-state index >= 15 is 0 Å². The Bertz CT molecular complexity index is 796. The van der Waals surface area contributed by atoms with Gasteiger partial charge in [0.1, 0.15) is 0 Å². The van der Waals surface area contributed by atoms with Gasteiger partial charge in [0.05, 0.1) is 15.0 Å². The predicted octanol–water partition coefficient (Wildman–Crippen LogP) is 3.61. The van der Waals surface area contributed by atoms with Gasteiger partial charge in [0.15, 0.2) is 5.82 Å². The minimum atomic E-state index is -3.62. The van der Waals surface area contributed by atoms with Crippen molar-refractivity contribution in [3.8, 4) is 0 Å². The Morgan fingerprint density at radius 2 is 1.95 bits per heavy atom. The first kappa shape index (κ1) is 14.8. The number of aryl methyl sites for hydroxylation is 1. The van der Waals surface area contributed by atoms with Gasteiger partial charge in [0.25, 0.3) is 0 Å². The van der Waals surface area contributed by atoms with Crippen LogP contribution in [0.1, 0.15) is 5.56 Å². The number of pyridine rings is 1. The van der Waals surface area contributed by atoms with E-state index in [1.807, 2.05) is 0 Å². The Kier molecular flexibility index (Phi) is 4.30. The number of rotatable bonds is 3. The lowest BCUT2D eigenvalue weighted by Gasteiger charge is -2.06. The number of thiocarbonyl (C=S) groups is 1. The van der Waals surface area contributed by atoms with Crippen molar-refractivity contribution in [2.75, 3.05) is 0 Å². The van der Waals surface area contributed by atoms with Crippen LogP contribution in [0.4, 0.5) is 5.82 Å². The van der Waals surface area contributed by atoms with Crippen LogP contribution in [0.15, 0.2) is 51.3 Å². The van der Waals surface area contributed by atoms with Gasteiger partial charge < -0.3 is 0 Å². The van der Waals surface area contributed by atoms with Gasteiger partial charge >= 0.3 is 0 Å². The molecule has 1 aromatic carbocycles. The van der Waals surface area contributed by atoms with E-state index in [2.05, 4.69) is 27.4 Å². The second-order valence-corrected chi connectivity index (χ2v) is 6.51. The highest BCUT2D eigenvalue weighted by Gasteiger charge is 2.18. The van der Waals surface area contributed by atoms with E-state index in [1.165, 1.54) is 30.5 Å². The molecule has 7 heteroatoms. The van der Waals surface area contributed by atoms with Crippen LogP contribution in [0, 0.1) is 6.92 Å². The Morgan fingerprint density at radius 3 is 2.50 bits per heavy atom. The molecule has 0 fully saturated rings. The molecule has 102 valence electrons. The van der Waals surface area contributed by atoms with Gasteiger partial charge in [-0.15, -0.1) is 0 Å². The summed E-state index contributed by atoms with van der Waals surface area (Å²) in [6.07, 6.45) is 1.24. The van der Waals surface area contributed by atoms with Gasteiger partial charge in [-0.25, -0.2) is 13.4 Å². The van der Waals surface area contributed by atoms with E-state index in [0.717, 1.165) is 0 Å². The van der Waals surface area contributed by atoms with Crippen molar-refractivity contribution in [3.05, 3.63) is 47.1 Å². The molecular formula is C13H9ClN2O2S2. The zero-order valence-electron chi connectivity index (χ0n) is 10.4. The molecule has 2 rings (SSSR count). The molecule has 4 nitrogen and oxygen atoms in total. The standard InChI is InChI=1S/C13H9ClN2O2S2/c1-9-6-10(2-4-12(9)14)20(17,18)11-3-5-13(15-7-11)16-8-19/h2-7H,1H3. The molecule has 0 atom stereocenters. The molecular weight excluding hydrogens is 316 g/mol. The number of halogens is 1. The number of isothiocyanates is 1. The quantitative estimate of drug-likeness (QED) is 0.639. The topological polar surface area (TPSA) is 59.4 Å². The molecule has 0 aliphatic rings.